The number of piperidine rings is 1. The number of carbonyl (C=O) groups is 1. The molecule has 1 heterocycles. The first-order valence-electron chi connectivity index (χ1n) is 7.57. The van der Waals surface area contributed by atoms with E-state index in [1.807, 2.05) is 11.9 Å². The predicted molar refractivity (Wildman–Crippen MR) is 84.2 cm³/mol. The van der Waals surface area contributed by atoms with E-state index in [0.717, 1.165) is 25.9 Å². The van der Waals surface area contributed by atoms with E-state index in [1.165, 1.54) is 11.3 Å². The Kier molecular flexibility index (Phi) is 4.69. The third-order valence-corrected chi connectivity index (χ3v) is 4.41. The minimum absolute atomic E-state index is 0.172. The number of anilines is 1. The van der Waals surface area contributed by atoms with Crippen molar-refractivity contribution in [3.05, 3.63) is 29.8 Å². The van der Waals surface area contributed by atoms with Crippen LogP contribution in [-0.4, -0.2) is 37.0 Å². The van der Waals surface area contributed by atoms with Gasteiger partial charge in [-0.1, -0.05) is 26.0 Å². The number of nitrogens with zero attached hydrogens (tertiary/aromatic N) is 2. The molecule has 3 nitrogen and oxygen atoms in total. The molecule has 110 valence electrons. The zero-order chi connectivity index (χ0) is 14.7. The van der Waals surface area contributed by atoms with E-state index in [0.29, 0.717) is 12.0 Å². The van der Waals surface area contributed by atoms with Gasteiger partial charge in [-0.2, -0.15) is 0 Å². The lowest BCUT2D eigenvalue weighted by Gasteiger charge is -2.37. The fourth-order valence-electron chi connectivity index (χ4n) is 2.85. The van der Waals surface area contributed by atoms with Gasteiger partial charge < -0.3 is 9.80 Å². The second-order valence-electron chi connectivity index (χ2n) is 6.10. The summed E-state index contributed by atoms with van der Waals surface area (Å²) in [6.45, 7) is 8.17. The smallest absolute Gasteiger partial charge is 0.219 e. The fourth-order valence-corrected chi connectivity index (χ4v) is 2.85. The Morgan fingerprint density at radius 3 is 2.50 bits per heavy atom. The van der Waals surface area contributed by atoms with Crippen LogP contribution in [0, 0.1) is 0 Å². The predicted octanol–water partition coefficient (Wildman–Crippen LogP) is 3.26. The van der Waals surface area contributed by atoms with E-state index in [-0.39, 0.29) is 5.91 Å². The van der Waals surface area contributed by atoms with Crippen molar-refractivity contribution in [2.24, 2.45) is 0 Å². The van der Waals surface area contributed by atoms with Crippen molar-refractivity contribution in [3.8, 4) is 0 Å². The first kappa shape index (κ1) is 14.9. The Labute approximate surface area is 122 Å². The van der Waals surface area contributed by atoms with Gasteiger partial charge in [0.1, 0.15) is 0 Å². The van der Waals surface area contributed by atoms with Crippen molar-refractivity contribution in [2.75, 3.05) is 25.0 Å². The van der Waals surface area contributed by atoms with Crippen LogP contribution >= 0.6 is 0 Å². The Morgan fingerprint density at radius 2 is 1.95 bits per heavy atom. The summed E-state index contributed by atoms with van der Waals surface area (Å²) >= 11 is 0. The van der Waals surface area contributed by atoms with E-state index in [4.69, 9.17) is 0 Å². The zero-order valence-electron chi connectivity index (χ0n) is 13.1. The number of amides is 1. The van der Waals surface area contributed by atoms with Crippen LogP contribution in [0.2, 0.25) is 0 Å². The van der Waals surface area contributed by atoms with Crippen LogP contribution in [-0.2, 0) is 4.79 Å². The summed E-state index contributed by atoms with van der Waals surface area (Å²) in [6, 6.07) is 9.25. The van der Waals surface area contributed by atoms with Crippen LogP contribution in [0.1, 0.15) is 45.1 Å². The van der Waals surface area contributed by atoms with Gasteiger partial charge in [0.2, 0.25) is 5.91 Å². The molecule has 1 aromatic carbocycles. The number of benzene rings is 1. The third-order valence-electron chi connectivity index (χ3n) is 4.41. The average molecular weight is 274 g/mol. The lowest BCUT2D eigenvalue weighted by atomic mass is 10.00. The van der Waals surface area contributed by atoms with Gasteiger partial charge in [0.15, 0.2) is 0 Å². The number of hydrogen-bond acceptors (Lipinski definition) is 2. The summed E-state index contributed by atoms with van der Waals surface area (Å²) in [5.74, 6) is 0.738. The molecule has 1 amide bonds. The monoisotopic (exact) mass is 274 g/mol. The highest BCUT2D eigenvalue weighted by Crippen LogP contribution is 2.25. The molecule has 1 saturated heterocycles. The molecule has 1 aliphatic heterocycles. The summed E-state index contributed by atoms with van der Waals surface area (Å²) in [6.07, 6.45) is 2.12. The van der Waals surface area contributed by atoms with Gasteiger partial charge in [-0.05, 0) is 36.5 Å². The number of hydrogen-bond donors (Lipinski definition) is 0. The van der Waals surface area contributed by atoms with Gasteiger partial charge in [0, 0.05) is 38.8 Å². The highest BCUT2D eigenvalue weighted by atomic mass is 16.2. The standard InChI is InChI=1S/C17H26N2O/c1-13(2)15-6-5-7-17(12-15)19-10-8-16(9-11-19)18(4)14(3)20/h5-7,12-13,16H,8-11H2,1-4H3. The van der Waals surface area contributed by atoms with E-state index in [2.05, 4.69) is 43.0 Å². The van der Waals surface area contributed by atoms with E-state index in [1.54, 1.807) is 6.92 Å². The molecule has 2 rings (SSSR count). The maximum absolute atomic E-state index is 11.4. The van der Waals surface area contributed by atoms with E-state index in [9.17, 15) is 4.79 Å². The molecule has 1 fully saturated rings. The maximum Gasteiger partial charge on any atom is 0.219 e. The highest BCUT2D eigenvalue weighted by molar-refractivity contribution is 5.73. The van der Waals surface area contributed by atoms with Crippen LogP contribution in [0.5, 0.6) is 0 Å². The summed E-state index contributed by atoms with van der Waals surface area (Å²) in [5, 5.41) is 0. The number of rotatable bonds is 3. The Morgan fingerprint density at radius 1 is 1.30 bits per heavy atom. The highest BCUT2D eigenvalue weighted by Gasteiger charge is 2.23. The molecule has 0 aliphatic carbocycles. The lowest BCUT2D eigenvalue weighted by Crippen LogP contribution is -2.45. The molecular formula is C17H26N2O. The van der Waals surface area contributed by atoms with Gasteiger partial charge in [-0.15, -0.1) is 0 Å². The first-order chi connectivity index (χ1) is 9.49. The van der Waals surface area contributed by atoms with Crippen molar-refractivity contribution >= 4 is 11.6 Å². The van der Waals surface area contributed by atoms with Gasteiger partial charge in [-0.25, -0.2) is 0 Å². The van der Waals surface area contributed by atoms with Crippen molar-refractivity contribution in [1.82, 2.24) is 4.90 Å². The molecule has 0 saturated carbocycles. The Balaban J connectivity index is 2.00. The summed E-state index contributed by atoms with van der Waals surface area (Å²) in [4.78, 5) is 15.8. The second-order valence-corrected chi connectivity index (χ2v) is 6.10. The largest absolute Gasteiger partial charge is 0.371 e. The fraction of sp³-hybridized carbons (Fsp3) is 0.588. The van der Waals surface area contributed by atoms with Crippen LogP contribution in [0.3, 0.4) is 0 Å². The molecule has 3 heteroatoms. The normalized spacial score (nSPS) is 16.6. The summed E-state index contributed by atoms with van der Waals surface area (Å²) in [5.41, 5.74) is 2.71. The third kappa shape index (κ3) is 3.33. The topological polar surface area (TPSA) is 23.6 Å². The van der Waals surface area contributed by atoms with Crippen LogP contribution in [0.25, 0.3) is 0 Å². The zero-order valence-corrected chi connectivity index (χ0v) is 13.1. The Hall–Kier alpha value is -1.51. The molecule has 0 N–H and O–H groups in total. The second kappa shape index (κ2) is 6.29. The molecule has 1 aromatic rings. The molecule has 0 unspecified atom stereocenters. The molecule has 20 heavy (non-hydrogen) atoms. The summed E-state index contributed by atoms with van der Waals surface area (Å²) in [7, 11) is 1.92. The minimum atomic E-state index is 0.172. The number of carbonyl (C=O) groups excluding carboxylic acids is 1. The van der Waals surface area contributed by atoms with Crippen LogP contribution in [0.15, 0.2) is 24.3 Å². The van der Waals surface area contributed by atoms with Crippen molar-refractivity contribution in [2.45, 2.75) is 45.6 Å². The first-order valence-corrected chi connectivity index (χ1v) is 7.57. The van der Waals surface area contributed by atoms with Crippen molar-refractivity contribution in [1.29, 1.82) is 0 Å². The van der Waals surface area contributed by atoms with Gasteiger partial charge in [0.25, 0.3) is 0 Å². The van der Waals surface area contributed by atoms with Gasteiger partial charge >= 0.3 is 0 Å². The van der Waals surface area contributed by atoms with Gasteiger partial charge in [0.05, 0.1) is 0 Å². The van der Waals surface area contributed by atoms with Crippen LogP contribution < -0.4 is 4.90 Å². The molecule has 0 spiro atoms. The Bertz CT molecular complexity index is 462. The van der Waals surface area contributed by atoms with Crippen molar-refractivity contribution in [3.63, 3.8) is 0 Å². The minimum Gasteiger partial charge on any atom is -0.371 e. The van der Waals surface area contributed by atoms with Crippen LogP contribution in [0.4, 0.5) is 5.69 Å². The van der Waals surface area contributed by atoms with Gasteiger partial charge in [-0.3, -0.25) is 4.79 Å². The van der Waals surface area contributed by atoms with E-state index >= 15 is 0 Å². The molecule has 0 radical (unpaired) electrons. The molecule has 0 atom stereocenters. The van der Waals surface area contributed by atoms with Crippen molar-refractivity contribution < 1.29 is 4.79 Å². The van der Waals surface area contributed by atoms with E-state index < -0.39 is 0 Å². The summed E-state index contributed by atoms with van der Waals surface area (Å²) < 4.78 is 0. The quantitative estimate of drug-likeness (QED) is 0.844. The average Bonchev–Trinajstić information content (AvgIpc) is 2.46. The molecule has 0 bridgehead atoms. The molecular weight excluding hydrogens is 248 g/mol. The molecule has 1 aliphatic rings. The lowest BCUT2D eigenvalue weighted by molar-refractivity contribution is -0.129. The maximum atomic E-state index is 11.4. The SMILES string of the molecule is CC(=O)N(C)C1CCN(c2cccc(C(C)C)c2)CC1. The molecule has 0 aromatic heterocycles.